The third-order valence-corrected chi connectivity index (χ3v) is 4.45. The zero-order valence-electron chi connectivity index (χ0n) is 11.1. The molecule has 1 aromatic heterocycles. The van der Waals surface area contributed by atoms with Crippen LogP contribution < -0.4 is 0 Å². The van der Waals surface area contributed by atoms with Gasteiger partial charge in [-0.15, -0.1) is 11.3 Å². The van der Waals surface area contributed by atoms with Crippen molar-refractivity contribution in [2.24, 2.45) is 0 Å². The van der Waals surface area contributed by atoms with Crippen molar-refractivity contribution in [2.75, 3.05) is 0 Å². The lowest BCUT2D eigenvalue weighted by Crippen LogP contribution is -2.08. The molecule has 0 aliphatic carbocycles. The highest BCUT2D eigenvalue weighted by atomic mass is 32.1. The molecule has 0 fully saturated rings. The zero-order valence-corrected chi connectivity index (χ0v) is 11.9. The summed E-state index contributed by atoms with van der Waals surface area (Å²) in [7, 11) is 0. The number of halogens is 2. The third-order valence-electron chi connectivity index (χ3n) is 2.89. The van der Waals surface area contributed by atoms with Gasteiger partial charge in [0.25, 0.3) is 0 Å². The van der Waals surface area contributed by atoms with Crippen LogP contribution in [0.3, 0.4) is 0 Å². The Hall–Kier alpha value is -1.26. The van der Waals surface area contributed by atoms with Crippen molar-refractivity contribution in [3.8, 4) is 0 Å². The van der Waals surface area contributed by atoms with E-state index in [2.05, 4.69) is 20.8 Å². The largest absolute Gasteiger partial charge is 0.383 e. The van der Waals surface area contributed by atoms with Gasteiger partial charge >= 0.3 is 0 Å². The van der Waals surface area contributed by atoms with Gasteiger partial charge in [0.15, 0.2) is 0 Å². The number of benzene rings is 1. The van der Waals surface area contributed by atoms with Gasteiger partial charge in [-0.3, -0.25) is 0 Å². The van der Waals surface area contributed by atoms with E-state index in [9.17, 15) is 13.9 Å². The second-order valence-corrected chi connectivity index (χ2v) is 6.64. The summed E-state index contributed by atoms with van der Waals surface area (Å²) in [5.74, 6) is -1.15. The number of aliphatic hydroxyl groups is 1. The van der Waals surface area contributed by atoms with Crippen LogP contribution in [-0.2, 0) is 5.41 Å². The fourth-order valence-corrected chi connectivity index (χ4v) is 2.85. The summed E-state index contributed by atoms with van der Waals surface area (Å²) in [5.41, 5.74) is -0.0503. The molecule has 4 heteroatoms. The minimum atomic E-state index is -1.13. The van der Waals surface area contributed by atoms with Crippen molar-refractivity contribution in [2.45, 2.75) is 32.3 Å². The maximum atomic E-state index is 13.6. The van der Waals surface area contributed by atoms with E-state index >= 15 is 0 Å². The molecule has 19 heavy (non-hydrogen) atoms. The van der Waals surface area contributed by atoms with E-state index in [1.54, 1.807) is 6.07 Å². The average molecular weight is 282 g/mol. The lowest BCUT2D eigenvalue weighted by atomic mass is 9.95. The maximum absolute atomic E-state index is 13.6. The van der Waals surface area contributed by atoms with Crippen LogP contribution in [0.1, 0.15) is 42.2 Å². The molecule has 0 amide bonds. The maximum Gasteiger partial charge on any atom is 0.129 e. The highest BCUT2D eigenvalue weighted by Crippen LogP contribution is 2.35. The van der Waals surface area contributed by atoms with Gasteiger partial charge in [0, 0.05) is 15.3 Å². The topological polar surface area (TPSA) is 20.2 Å². The van der Waals surface area contributed by atoms with E-state index < -0.39 is 17.7 Å². The smallest absolute Gasteiger partial charge is 0.129 e. The van der Waals surface area contributed by atoms with Crippen LogP contribution in [0.4, 0.5) is 8.78 Å². The number of hydrogen-bond acceptors (Lipinski definition) is 2. The summed E-state index contributed by atoms with van der Waals surface area (Å²) in [6.45, 7) is 6.20. The minimum absolute atomic E-state index is 0.0247. The molecule has 1 unspecified atom stereocenters. The fraction of sp³-hybridized carbons (Fsp3) is 0.333. The summed E-state index contributed by atoms with van der Waals surface area (Å²) in [5, 5.41) is 10.2. The van der Waals surface area contributed by atoms with Gasteiger partial charge in [-0.1, -0.05) is 20.8 Å². The van der Waals surface area contributed by atoms with E-state index in [4.69, 9.17) is 0 Å². The minimum Gasteiger partial charge on any atom is -0.383 e. The van der Waals surface area contributed by atoms with E-state index in [-0.39, 0.29) is 11.0 Å². The van der Waals surface area contributed by atoms with Gasteiger partial charge in [-0.25, -0.2) is 8.78 Å². The first-order valence-electron chi connectivity index (χ1n) is 6.02. The Morgan fingerprint density at radius 3 is 2.37 bits per heavy atom. The zero-order chi connectivity index (χ0) is 14.2. The van der Waals surface area contributed by atoms with Crippen molar-refractivity contribution >= 4 is 11.3 Å². The van der Waals surface area contributed by atoms with Gasteiger partial charge in [0.05, 0.1) is 0 Å². The van der Waals surface area contributed by atoms with Gasteiger partial charge < -0.3 is 5.11 Å². The molecule has 0 aliphatic rings. The highest BCUT2D eigenvalue weighted by Gasteiger charge is 2.21. The molecule has 1 aromatic carbocycles. The van der Waals surface area contributed by atoms with Crippen molar-refractivity contribution < 1.29 is 13.9 Å². The Morgan fingerprint density at radius 2 is 1.79 bits per heavy atom. The van der Waals surface area contributed by atoms with Crippen molar-refractivity contribution in [3.05, 3.63) is 57.3 Å². The molecule has 2 aromatic rings. The molecule has 1 heterocycles. The summed E-state index contributed by atoms with van der Waals surface area (Å²) in [6, 6.07) is 6.80. The molecule has 0 bridgehead atoms. The lowest BCUT2D eigenvalue weighted by Gasteiger charge is -2.16. The second kappa shape index (κ2) is 5.02. The molecule has 0 aliphatic heterocycles. The molecule has 1 atom stereocenters. The molecular weight excluding hydrogens is 266 g/mol. The van der Waals surface area contributed by atoms with Gasteiger partial charge in [-0.2, -0.15) is 0 Å². The van der Waals surface area contributed by atoms with Crippen LogP contribution in [0.5, 0.6) is 0 Å². The predicted octanol–water partition coefficient (Wildman–Crippen LogP) is 4.41. The SMILES string of the molecule is CC(C)(C)c1ccc(C(O)c2cc(F)ccc2F)s1. The van der Waals surface area contributed by atoms with Crippen LogP contribution in [0.15, 0.2) is 30.3 Å². The van der Waals surface area contributed by atoms with Crippen LogP contribution >= 0.6 is 11.3 Å². The normalized spacial score (nSPS) is 13.6. The first kappa shape index (κ1) is 14.2. The van der Waals surface area contributed by atoms with Crippen LogP contribution in [0.25, 0.3) is 0 Å². The first-order valence-corrected chi connectivity index (χ1v) is 6.84. The molecule has 0 radical (unpaired) electrons. The standard InChI is InChI=1S/C15H16F2OS/c1-15(2,3)13-7-6-12(19-13)14(18)10-8-9(16)4-5-11(10)17/h4-8,14,18H,1-3H3. The third kappa shape index (κ3) is 3.01. The Balaban J connectivity index is 2.36. The lowest BCUT2D eigenvalue weighted by molar-refractivity contribution is 0.218. The van der Waals surface area contributed by atoms with Crippen LogP contribution in [-0.4, -0.2) is 5.11 Å². The second-order valence-electron chi connectivity index (χ2n) is 5.52. The van der Waals surface area contributed by atoms with E-state index in [1.807, 2.05) is 6.07 Å². The quantitative estimate of drug-likeness (QED) is 0.865. The van der Waals surface area contributed by atoms with Gasteiger partial charge in [0.1, 0.15) is 17.7 Å². The van der Waals surface area contributed by atoms with E-state index in [0.29, 0.717) is 4.88 Å². The highest BCUT2D eigenvalue weighted by molar-refractivity contribution is 7.12. The predicted molar refractivity (Wildman–Crippen MR) is 73.4 cm³/mol. The van der Waals surface area contributed by atoms with E-state index in [0.717, 1.165) is 23.1 Å². The van der Waals surface area contributed by atoms with Crippen LogP contribution in [0.2, 0.25) is 0 Å². The Bertz CT molecular complexity index is 584. The molecule has 1 nitrogen and oxygen atoms in total. The summed E-state index contributed by atoms with van der Waals surface area (Å²) >= 11 is 1.42. The number of thiophene rings is 1. The Morgan fingerprint density at radius 1 is 1.11 bits per heavy atom. The summed E-state index contributed by atoms with van der Waals surface area (Å²) in [4.78, 5) is 1.72. The molecule has 2 rings (SSSR count). The van der Waals surface area contributed by atoms with E-state index in [1.165, 1.54) is 11.3 Å². The molecule has 102 valence electrons. The molecule has 0 saturated heterocycles. The first-order chi connectivity index (χ1) is 8.79. The summed E-state index contributed by atoms with van der Waals surface area (Å²) in [6.07, 6.45) is -1.13. The van der Waals surface area contributed by atoms with Crippen molar-refractivity contribution in [1.82, 2.24) is 0 Å². The number of rotatable bonds is 2. The molecule has 0 spiro atoms. The molecule has 1 N–H and O–H groups in total. The summed E-state index contributed by atoms with van der Waals surface area (Å²) < 4.78 is 26.8. The number of hydrogen-bond donors (Lipinski definition) is 1. The van der Waals surface area contributed by atoms with Crippen molar-refractivity contribution in [1.29, 1.82) is 0 Å². The molecular formula is C15H16F2OS. The Labute approximate surface area is 115 Å². The number of aliphatic hydroxyl groups excluding tert-OH is 1. The average Bonchev–Trinajstić information content (AvgIpc) is 2.80. The van der Waals surface area contributed by atoms with Gasteiger partial charge in [0.2, 0.25) is 0 Å². The van der Waals surface area contributed by atoms with Crippen molar-refractivity contribution in [3.63, 3.8) is 0 Å². The fourth-order valence-electron chi connectivity index (χ4n) is 1.78. The Kier molecular flexibility index (Phi) is 3.74. The monoisotopic (exact) mass is 282 g/mol. The van der Waals surface area contributed by atoms with Gasteiger partial charge in [-0.05, 0) is 35.7 Å². The molecule has 0 saturated carbocycles. The van der Waals surface area contributed by atoms with Crippen LogP contribution in [0, 0.1) is 11.6 Å².